The lowest BCUT2D eigenvalue weighted by atomic mass is 10.1. The van der Waals surface area contributed by atoms with Crippen molar-refractivity contribution in [3.8, 4) is 0 Å². The van der Waals surface area contributed by atoms with E-state index in [2.05, 4.69) is 15.1 Å². The summed E-state index contributed by atoms with van der Waals surface area (Å²) in [6.45, 7) is 9.12. The van der Waals surface area contributed by atoms with Crippen molar-refractivity contribution in [2.75, 3.05) is 52.5 Å². The summed E-state index contributed by atoms with van der Waals surface area (Å²) in [6.07, 6.45) is 5.55. The fourth-order valence-corrected chi connectivity index (χ4v) is 3.77. The van der Waals surface area contributed by atoms with Crippen molar-refractivity contribution in [3.05, 3.63) is 0 Å². The van der Waals surface area contributed by atoms with E-state index in [-0.39, 0.29) is 0 Å². The Labute approximate surface area is 111 Å². The SMILES string of the molecule is C1C[C@@H]2[C@@H](C1)NCCN2CCCN1CCOCC1. The van der Waals surface area contributed by atoms with E-state index in [1.807, 2.05) is 0 Å². The molecular weight excluding hydrogens is 226 g/mol. The Balaban J connectivity index is 1.39. The molecule has 4 heteroatoms. The van der Waals surface area contributed by atoms with Gasteiger partial charge in [-0.3, -0.25) is 9.80 Å². The van der Waals surface area contributed by atoms with Gasteiger partial charge in [0.2, 0.25) is 0 Å². The summed E-state index contributed by atoms with van der Waals surface area (Å²) < 4.78 is 5.39. The average Bonchev–Trinajstić information content (AvgIpc) is 2.89. The minimum atomic E-state index is 0.794. The number of fused-ring (bicyclic) bond motifs is 1. The summed E-state index contributed by atoms with van der Waals surface area (Å²) in [7, 11) is 0. The van der Waals surface area contributed by atoms with Gasteiger partial charge >= 0.3 is 0 Å². The second-order valence-electron chi connectivity index (χ2n) is 5.90. The van der Waals surface area contributed by atoms with Crippen molar-refractivity contribution in [2.45, 2.75) is 37.8 Å². The number of morpholine rings is 1. The molecule has 3 rings (SSSR count). The molecule has 0 bridgehead atoms. The topological polar surface area (TPSA) is 27.7 Å². The number of rotatable bonds is 4. The summed E-state index contributed by atoms with van der Waals surface area (Å²) in [6, 6.07) is 1.63. The smallest absolute Gasteiger partial charge is 0.0594 e. The quantitative estimate of drug-likeness (QED) is 0.791. The summed E-state index contributed by atoms with van der Waals surface area (Å²) in [4.78, 5) is 5.30. The molecule has 0 unspecified atom stereocenters. The van der Waals surface area contributed by atoms with Gasteiger partial charge in [0.05, 0.1) is 13.2 Å². The molecule has 0 aromatic carbocycles. The second kappa shape index (κ2) is 6.33. The van der Waals surface area contributed by atoms with Crippen LogP contribution in [0.2, 0.25) is 0 Å². The molecule has 0 aromatic rings. The van der Waals surface area contributed by atoms with Crippen LogP contribution in [0.5, 0.6) is 0 Å². The second-order valence-corrected chi connectivity index (χ2v) is 5.90. The van der Waals surface area contributed by atoms with E-state index in [9.17, 15) is 0 Å². The molecule has 2 atom stereocenters. The molecule has 0 radical (unpaired) electrons. The first-order valence-corrected chi connectivity index (χ1v) is 7.71. The predicted octanol–water partition coefficient (Wildman–Crippen LogP) is 0.535. The van der Waals surface area contributed by atoms with E-state index in [1.165, 1.54) is 51.9 Å². The number of piperazine rings is 1. The largest absolute Gasteiger partial charge is 0.379 e. The summed E-state index contributed by atoms with van der Waals surface area (Å²) in [5.74, 6) is 0. The van der Waals surface area contributed by atoms with Crippen LogP contribution >= 0.6 is 0 Å². The van der Waals surface area contributed by atoms with Crippen LogP contribution in [0.15, 0.2) is 0 Å². The number of hydrogen-bond donors (Lipinski definition) is 1. The van der Waals surface area contributed by atoms with Crippen LogP contribution in [-0.2, 0) is 4.74 Å². The van der Waals surface area contributed by atoms with Crippen LogP contribution in [0.3, 0.4) is 0 Å². The molecule has 1 saturated carbocycles. The Morgan fingerprint density at radius 3 is 2.83 bits per heavy atom. The third-order valence-electron chi connectivity index (χ3n) is 4.78. The lowest BCUT2D eigenvalue weighted by Crippen LogP contribution is -2.55. The van der Waals surface area contributed by atoms with Gasteiger partial charge in [0, 0.05) is 38.3 Å². The van der Waals surface area contributed by atoms with E-state index >= 15 is 0 Å². The lowest BCUT2D eigenvalue weighted by Gasteiger charge is -2.39. The standard InChI is InChI=1S/C14H27N3O/c1-3-13-14(4-1)17(8-5-15-13)7-2-6-16-9-11-18-12-10-16/h13-15H,1-12H2/t13-,14-/m1/s1. The van der Waals surface area contributed by atoms with Crippen LogP contribution in [0.25, 0.3) is 0 Å². The number of hydrogen-bond acceptors (Lipinski definition) is 4. The van der Waals surface area contributed by atoms with Gasteiger partial charge in [0.15, 0.2) is 0 Å². The van der Waals surface area contributed by atoms with Gasteiger partial charge in [-0.1, -0.05) is 6.42 Å². The number of nitrogens with zero attached hydrogens (tertiary/aromatic N) is 2. The minimum Gasteiger partial charge on any atom is -0.379 e. The molecule has 0 spiro atoms. The molecule has 2 saturated heterocycles. The Bertz CT molecular complexity index is 255. The molecule has 0 amide bonds. The Morgan fingerprint density at radius 1 is 1.06 bits per heavy atom. The summed E-state index contributed by atoms with van der Waals surface area (Å²) >= 11 is 0. The molecule has 1 N–H and O–H groups in total. The Hall–Kier alpha value is -0.160. The highest BCUT2D eigenvalue weighted by atomic mass is 16.5. The highest BCUT2D eigenvalue weighted by Crippen LogP contribution is 2.26. The van der Waals surface area contributed by atoms with E-state index < -0.39 is 0 Å². The number of nitrogens with one attached hydrogen (secondary N) is 1. The van der Waals surface area contributed by atoms with Gasteiger partial charge in [-0.2, -0.15) is 0 Å². The highest BCUT2D eigenvalue weighted by molar-refractivity contribution is 4.93. The first kappa shape index (κ1) is 12.9. The molecule has 0 aromatic heterocycles. The van der Waals surface area contributed by atoms with Crippen LogP contribution in [0, 0.1) is 0 Å². The molecule has 104 valence electrons. The molecule has 1 aliphatic carbocycles. The fraction of sp³-hybridized carbons (Fsp3) is 1.00. The van der Waals surface area contributed by atoms with Crippen LogP contribution < -0.4 is 5.32 Å². The van der Waals surface area contributed by atoms with Gasteiger partial charge in [-0.15, -0.1) is 0 Å². The van der Waals surface area contributed by atoms with Gasteiger partial charge in [0.25, 0.3) is 0 Å². The van der Waals surface area contributed by atoms with Crippen LogP contribution in [-0.4, -0.2) is 74.4 Å². The van der Waals surface area contributed by atoms with Gasteiger partial charge in [0.1, 0.15) is 0 Å². The monoisotopic (exact) mass is 253 g/mol. The van der Waals surface area contributed by atoms with Crippen molar-refractivity contribution >= 4 is 0 Å². The van der Waals surface area contributed by atoms with Crippen molar-refractivity contribution in [1.29, 1.82) is 0 Å². The van der Waals surface area contributed by atoms with E-state index in [1.54, 1.807) is 0 Å². The maximum Gasteiger partial charge on any atom is 0.0594 e. The summed E-state index contributed by atoms with van der Waals surface area (Å²) in [5, 5.41) is 3.68. The fourth-order valence-electron chi connectivity index (χ4n) is 3.77. The molecular formula is C14H27N3O. The Kier molecular flexibility index (Phi) is 4.52. The van der Waals surface area contributed by atoms with Gasteiger partial charge in [-0.25, -0.2) is 0 Å². The van der Waals surface area contributed by atoms with Gasteiger partial charge in [-0.05, 0) is 32.4 Å². The summed E-state index contributed by atoms with van der Waals surface area (Å²) in [5.41, 5.74) is 0. The molecule has 2 heterocycles. The van der Waals surface area contributed by atoms with E-state index in [0.29, 0.717) is 0 Å². The first-order chi connectivity index (χ1) is 8.93. The third-order valence-corrected chi connectivity index (χ3v) is 4.78. The highest BCUT2D eigenvalue weighted by Gasteiger charge is 2.34. The van der Waals surface area contributed by atoms with Gasteiger partial charge < -0.3 is 10.1 Å². The molecule has 3 fully saturated rings. The molecule has 2 aliphatic heterocycles. The van der Waals surface area contributed by atoms with Crippen molar-refractivity contribution in [3.63, 3.8) is 0 Å². The third kappa shape index (κ3) is 3.05. The van der Waals surface area contributed by atoms with Crippen molar-refractivity contribution < 1.29 is 4.74 Å². The number of ether oxygens (including phenoxy) is 1. The minimum absolute atomic E-state index is 0.794. The van der Waals surface area contributed by atoms with E-state index in [0.717, 1.165) is 38.4 Å². The van der Waals surface area contributed by atoms with Crippen LogP contribution in [0.4, 0.5) is 0 Å². The predicted molar refractivity (Wildman–Crippen MR) is 72.9 cm³/mol. The van der Waals surface area contributed by atoms with E-state index in [4.69, 9.17) is 4.74 Å². The lowest BCUT2D eigenvalue weighted by molar-refractivity contribution is 0.0344. The average molecular weight is 253 g/mol. The van der Waals surface area contributed by atoms with Crippen molar-refractivity contribution in [2.24, 2.45) is 0 Å². The zero-order chi connectivity index (χ0) is 12.2. The molecule has 4 nitrogen and oxygen atoms in total. The van der Waals surface area contributed by atoms with Crippen molar-refractivity contribution in [1.82, 2.24) is 15.1 Å². The maximum absolute atomic E-state index is 5.39. The molecule has 18 heavy (non-hydrogen) atoms. The first-order valence-electron chi connectivity index (χ1n) is 7.71. The zero-order valence-electron chi connectivity index (χ0n) is 11.4. The zero-order valence-corrected chi connectivity index (χ0v) is 11.4. The Morgan fingerprint density at radius 2 is 1.94 bits per heavy atom. The normalized spacial score (nSPS) is 34.7. The molecule has 3 aliphatic rings. The van der Waals surface area contributed by atoms with Crippen LogP contribution in [0.1, 0.15) is 25.7 Å². The maximum atomic E-state index is 5.39.